The third-order valence-electron chi connectivity index (χ3n) is 3.13. The van der Waals surface area contributed by atoms with Gasteiger partial charge in [-0.05, 0) is 23.7 Å². The lowest BCUT2D eigenvalue weighted by Crippen LogP contribution is -2.23. The highest BCUT2D eigenvalue weighted by Crippen LogP contribution is 2.26. The number of rotatable bonds is 7. The molecule has 0 aliphatic carbocycles. The van der Waals surface area contributed by atoms with Crippen molar-refractivity contribution in [2.45, 2.75) is 19.6 Å². The number of likely N-dealkylation sites (N-methyl/N-ethyl adjacent to an activating group) is 1. The van der Waals surface area contributed by atoms with Gasteiger partial charge in [0, 0.05) is 11.0 Å². The van der Waals surface area contributed by atoms with Crippen LogP contribution in [0.15, 0.2) is 59.1 Å². The Balaban J connectivity index is 2.06. The summed E-state index contributed by atoms with van der Waals surface area (Å²) in [7, 11) is 0. The van der Waals surface area contributed by atoms with Crippen LogP contribution in [-0.4, -0.2) is 13.1 Å². The van der Waals surface area contributed by atoms with E-state index in [9.17, 15) is 0 Å². The summed E-state index contributed by atoms with van der Waals surface area (Å²) in [6.07, 6.45) is 0.0470. The van der Waals surface area contributed by atoms with E-state index in [1.807, 2.05) is 30.3 Å². The normalized spacial score (nSPS) is 12.3. The van der Waals surface area contributed by atoms with Crippen molar-refractivity contribution in [1.82, 2.24) is 5.32 Å². The molecule has 0 fully saturated rings. The molecule has 20 heavy (non-hydrogen) atoms. The number of benzene rings is 2. The molecule has 0 heterocycles. The van der Waals surface area contributed by atoms with Crippen LogP contribution < -0.4 is 5.32 Å². The zero-order valence-corrected chi connectivity index (χ0v) is 13.3. The van der Waals surface area contributed by atoms with E-state index in [2.05, 4.69) is 52.4 Å². The lowest BCUT2D eigenvalue weighted by atomic mass is 10.1. The molecule has 3 heteroatoms. The minimum Gasteiger partial charge on any atom is -0.367 e. The molecule has 0 saturated heterocycles. The molecule has 1 N–H and O–H groups in total. The van der Waals surface area contributed by atoms with Crippen LogP contribution in [0.1, 0.15) is 24.2 Å². The van der Waals surface area contributed by atoms with Crippen LogP contribution in [0.25, 0.3) is 0 Å². The maximum absolute atomic E-state index is 6.10. The van der Waals surface area contributed by atoms with E-state index in [0.717, 1.165) is 17.6 Å². The van der Waals surface area contributed by atoms with Crippen molar-refractivity contribution in [3.05, 3.63) is 70.2 Å². The molecule has 0 aliphatic heterocycles. The number of hydrogen-bond acceptors (Lipinski definition) is 2. The summed E-state index contributed by atoms with van der Waals surface area (Å²) in [6, 6.07) is 18.5. The largest absolute Gasteiger partial charge is 0.367 e. The summed E-state index contributed by atoms with van der Waals surface area (Å²) >= 11 is 3.61. The van der Waals surface area contributed by atoms with Gasteiger partial charge >= 0.3 is 0 Å². The maximum Gasteiger partial charge on any atom is 0.0964 e. The smallest absolute Gasteiger partial charge is 0.0964 e. The van der Waals surface area contributed by atoms with Crippen LogP contribution in [0.3, 0.4) is 0 Å². The lowest BCUT2D eigenvalue weighted by molar-refractivity contribution is 0.0397. The average molecular weight is 334 g/mol. The van der Waals surface area contributed by atoms with E-state index in [0.29, 0.717) is 6.61 Å². The highest BCUT2D eigenvalue weighted by Gasteiger charge is 2.14. The second-order valence-electron chi connectivity index (χ2n) is 4.61. The molecule has 0 radical (unpaired) electrons. The summed E-state index contributed by atoms with van der Waals surface area (Å²) in [6.45, 7) is 4.48. The van der Waals surface area contributed by atoms with Gasteiger partial charge in [0.2, 0.25) is 0 Å². The molecule has 0 saturated carbocycles. The molecule has 0 bridgehead atoms. The predicted molar refractivity (Wildman–Crippen MR) is 86.7 cm³/mol. The van der Waals surface area contributed by atoms with Gasteiger partial charge in [0.25, 0.3) is 0 Å². The quantitative estimate of drug-likeness (QED) is 0.814. The maximum atomic E-state index is 6.10. The molecule has 0 spiro atoms. The highest BCUT2D eigenvalue weighted by molar-refractivity contribution is 9.10. The van der Waals surface area contributed by atoms with Crippen LogP contribution in [0.4, 0.5) is 0 Å². The first-order valence-electron chi connectivity index (χ1n) is 6.92. The van der Waals surface area contributed by atoms with Crippen molar-refractivity contribution in [3.8, 4) is 0 Å². The topological polar surface area (TPSA) is 21.3 Å². The molecule has 1 atom stereocenters. The van der Waals surface area contributed by atoms with Gasteiger partial charge in [-0.2, -0.15) is 0 Å². The molecule has 1 unspecified atom stereocenters. The molecule has 2 aromatic rings. The molecular weight excluding hydrogens is 314 g/mol. The summed E-state index contributed by atoms with van der Waals surface area (Å²) in [4.78, 5) is 0. The third-order valence-corrected chi connectivity index (χ3v) is 3.85. The van der Waals surface area contributed by atoms with Crippen molar-refractivity contribution in [3.63, 3.8) is 0 Å². The molecule has 2 aromatic carbocycles. The molecule has 106 valence electrons. The van der Waals surface area contributed by atoms with Crippen LogP contribution in [0.5, 0.6) is 0 Å². The first kappa shape index (κ1) is 15.2. The number of hydrogen-bond donors (Lipinski definition) is 1. The summed E-state index contributed by atoms with van der Waals surface area (Å²) < 4.78 is 7.20. The van der Waals surface area contributed by atoms with Crippen molar-refractivity contribution in [2.75, 3.05) is 13.1 Å². The fourth-order valence-corrected chi connectivity index (χ4v) is 2.58. The SMILES string of the molecule is CCNCC(OCc1ccccc1)c1ccccc1Br. The van der Waals surface area contributed by atoms with Gasteiger partial charge in [-0.15, -0.1) is 0 Å². The Bertz CT molecular complexity index is 515. The number of halogens is 1. The minimum absolute atomic E-state index is 0.0470. The monoisotopic (exact) mass is 333 g/mol. The Kier molecular flexibility index (Phi) is 6.25. The minimum atomic E-state index is 0.0470. The van der Waals surface area contributed by atoms with Gasteiger partial charge in [0.05, 0.1) is 12.7 Å². The Labute approximate surface area is 129 Å². The number of ether oxygens (including phenoxy) is 1. The second kappa shape index (κ2) is 8.20. The van der Waals surface area contributed by atoms with Gasteiger partial charge in [0.1, 0.15) is 0 Å². The van der Waals surface area contributed by atoms with Gasteiger partial charge in [-0.1, -0.05) is 71.4 Å². The van der Waals surface area contributed by atoms with Crippen LogP contribution in [-0.2, 0) is 11.3 Å². The second-order valence-corrected chi connectivity index (χ2v) is 5.47. The first-order valence-corrected chi connectivity index (χ1v) is 7.71. The van der Waals surface area contributed by atoms with Gasteiger partial charge < -0.3 is 10.1 Å². The first-order chi connectivity index (χ1) is 9.81. The molecule has 2 nitrogen and oxygen atoms in total. The van der Waals surface area contributed by atoms with Gasteiger partial charge in [0.15, 0.2) is 0 Å². The van der Waals surface area contributed by atoms with Crippen LogP contribution >= 0.6 is 15.9 Å². The molecule has 0 aliphatic rings. The van der Waals surface area contributed by atoms with Gasteiger partial charge in [-0.3, -0.25) is 0 Å². The third kappa shape index (κ3) is 4.44. The fraction of sp³-hybridized carbons (Fsp3) is 0.294. The van der Waals surface area contributed by atoms with E-state index in [4.69, 9.17) is 4.74 Å². The van der Waals surface area contributed by atoms with E-state index in [-0.39, 0.29) is 6.10 Å². The zero-order chi connectivity index (χ0) is 14.2. The molecule has 0 aromatic heterocycles. The average Bonchev–Trinajstić information content (AvgIpc) is 2.49. The zero-order valence-electron chi connectivity index (χ0n) is 11.7. The highest BCUT2D eigenvalue weighted by atomic mass is 79.9. The van der Waals surface area contributed by atoms with E-state index in [1.54, 1.807) is 0 Å². The Morgan fingerprint density at radius 1 is 1.05 bits per heavy atom. The summed E-state index contributed by atoms with van der Waals surface area (Å²) in [5.41, 5.74) is 2.38. The van der Waals surface area contributed by atoms with Crippen LogP contribution in [0.2, 0.25) is 0 Å². The van der Waals surface area contributed by atoms with Crippen molar-refractivity contribution in [2.24, 2.45) is 0 Å². The molecule has 2 rings (SSSR count). The van der Waals surface area contributed by atoms with Crippen LogP contribution in [0, 0.1) is 0 Å². The standard InChI is InChI=1S/C17H20BrNO/c1-2-19-12-17(15-10-6-7-11-16(15)18)20-13-14-8-4-3-5-9-14/h3-11,17,19H,2,12-13H2,1H3. The van der Waals surface area contributed by atoms with Crippen molar-refractivity contribution in [1.29, 1.82) is 0 Å². The van der Waals surface area contributed by atoms with Crippen molar-refractivity contribution < 1.29 is 4.74 Å². The number of nitrogens with one attached hydrogen (secondary N) is 1. The molecular formula is C17H20BrNO. The lowest BCUT2D eigenvalue weighted by Gasteiger charge is -2.20. The van der Waals surface area contributed by atoms with Gasteiger partial charge in [-0.25, -0.2) is 0 Å². The van der Waals surface area contributed by atoms with E-state index in [1.165, 1.54) is 11.1 Å². The fourth-order valence-electron chi connectivity index (χ4n) is 2.04. The summed E-state index contributed by atoms with van der Waals surface area (Å²) in [5.74, 6) is 0. The van der Waals surface area contributed by atoms with Crippen molar-refractivity contribution >= 4 is 15.9 Å². The molecule has 0 amide bonds. The Morgan fingerprint density at radius 2 is 1.75 bits per heavy atom. The van der Waals surface area contributed by atoms with E-state index >= 15 is 0 Å². The van der Waals surface area contributed by atoms with E-state index < -0.39 is 0 Å². The Hall–Kier alpha value is -1.16. The Morgan fingerprint density at radius 3 is 2.45 bits per heavy atom. The summed E-state index contributed by atoms with van der Waals surface area (Å²) in [5, 5.41) is 3.36. The predicted octanol–water partition coefficient (Wildman–Crippen LogP) is 4.32.